The second-order valence-corrected chi connectivity index (χ2v) is 7.72. The molecule has 0 aliphatic carbocycles. The van der Waals surface area contributed by atoms with Crippen LogP contribution in [0.5, 0.6) is 5.75 Å². The third-order valence-corrected chi connectivity index (χ3v) is 5.47. The van der Waals surface area contributed by atoms with Gasteiger partial charge in [0.15, 0.2) is 6.29 Å². The number of nitrogens with two attached hydrogens (primary N) is 1. The first kappa shape index (κ1) is 20.0. The quantitative estimate of drug-likeness (QED) is 0.703. The Morgan fingerprint density at radius 2 is 2.07 bits per heavy atom. The monoisotopic (exact) mass is 411 g/mol. The van der Waals surface area contributed by atoms with Crippen molar-refractivity contribution >= 4 is 17.3 Å². The molecule has 1 atom stereocenters. The van der Waals surface area contributed by atoms with Crippen molar-refractivity contribution in [2.75, 3.05) is 19.7 Å². The van der Waals surface area contributed by atoms with E-state index in [-0.39, 0.29) is 6.29 Å². The van der Waals surface area contributed by atoms with Crippen LogP contribution in [0.3, 0.4) is 0 Å². The first-order valence-electron chi connectivity index (χ1n) is 10.1. The van der Waals surface area contributed by atoms with Crippen molar-refractivity contribution in [1.29, 1.82) is 0 Å². The fourth-order valence-electron chi connectivity index (χ4n) is 3.62. The second kappa shape index (κ2) is 9.44. The van der Waals surface area contributed by atoms with E-state index in [0.717, 1.165) is 59.7 Å². The molecule has 2 aliphatic heterocycles. The van der Waals surface area contributed by atoms with Gasteiger partial charge in [-0.05, 0) is 36.6 Å². The van der Waals surface area contributed by atoms with Crippen LogP contribution in [0.4, 0.5) is 0 Å². The van der Waals surface area contributed by atoms with Crippen molar-refractivity contribution in [3.63, 3.8) is 0 Å². The number of ether oxygens (including phenoxy) is 2. The van der Waals surface area contributed by atoms with Gasteiger partial charge < -0.3 is 20.5 Å². The maximum absolute atomic E-state index is 6.46. The summed E-state index contributed by atoms with van der Waals surface area (Å²) in [4.78, 5) is 4.91. The van der Waals surface area contributed by atoms with Gasteiger partial charge in [-0.1, -0.05) is 41.9 Å². The Balaban J connectivity index is 1.57. The van der Waals surface area contributed by atoms with Crippen molar-refractivity contribution in [1.82, 2.24) is 5.32 Å². The van der Waals surface area contributed by atoms with Gasteiger partial charge in [-0.25, -0.2) is 0 Å². The number of aliphatic imine (C=N–C) groups is 1. The Bertz CT molecular complexity index is 920. The van der Waals surface area contributed by atoms with E-state index in [1.165, 1.54) is 0 Å². The van der Waals surface area contributed by atoms with Crippen LogP contribution >= 0.6 is 11.6 Å². The van der Waals surface area contributed by atoms with E-state index >= 15 is 0 Å². The molecule has 0 amide bonds. The summed E-state index contributed by atoms with van der Waals surface area (Å²) in [5, 5.41) is 3.96. The molecule has 0 saturated carbocycles. The molecule has 6 heteroatoms. The van der Waals surface area contributed by atoms with Crippen molar-refractivity contribution in [2.45, 2.75) is 32.1 Å². The van der Waals surface area contributed by atoms with E-state index in [2.05, 4.69) is 5.32 Å². The number of rotatable bonds is 6. The highest BCUT2D eigenvalue weighted by atomic mass is 35.5. The van der Waals surface area contributed by atoms with Crippen molar-refractivity contribution in [2.24, 2.45) is 10.7 Å². The molecule has 2 aromatic carbocycles. The van der Waals surface area contributed by atoms with E-state index in [4.69, 9.17) is 31.8 Å². The van der Waals surface area contributed by atoms with Crippen molar-refractivity contribution in [3.8, 4) is 5.75 Å². The molecule has 1 fully saturated rings. The Morgan fingerprint density at radius 3 is 2.83 bits per heavy atom. The van der Waals surface area contributed by atoms with Gasteiger partial charge in [0.2, 0.25) is 0 Å². The molecule has 3 N–H and O–H groups in total. The molecule has 1 saturated heterocycles. The van der Waals surface area contributed by atoms with E-state index < -0.39 is 0 Å². The van der Waals surface area contributed by atoms with E-state index in [1.54, 1.807) is 0 Å². The predicted molar refractivity (Wildman–Crippen MR) is 116 cm³/mol. The third-order valence-electron chi connectivity index (χ3n) is 5.14. The lowest BCUT2D eigenvalue weighted by Crippen LogP contribution is -2.24. The van der Waals surface area contributed by atoms with E-state index in [1.807, 2.05) is 48.5 Å². The molecule has 2 heterocycles. The maximum Gasteiger partial charge on any atom is 0.199 e. The van der Waals surface area contributed by atoms with Crippen LogP contribution in [0.25, 0.3) is 0 Å². The number of benzene rings is 2. The molecule has 2 aliphatic rings. The lowest BCUT2D eigenvalue weighted by atomic mass is 10.0. The molecule has 0 spiro atoms. The first-order chi connectivity index (χ1) is 14.2. The molecular formula is C23H26ClN3O2. The molecule has 0 bridgehead atoms. The molecule has 0 aromatic heterocycles. The standard InChI is InChI=1S/C23H26ClN3O2/c24-20-9-2-1-8-18(20)23(19-14-26-15-21(19)25)27-13-16-6-5-7-17(12-16)29-22-10-3-4-11-28-22/h1-2,5-9,12,22,26H,3-4,10-11,13-15,25H2. The van der Waals surface area contributed by atoms with E-state index in [0.29, 0.717) is 24.7 Å². The molecular weight excluding hydrogens is 386 g/mol. The lowest BCUT2D eigenvalue weighted by molar-refractivity contribution is -0.105. The SMILES string of the molecule is NC1=C(C(=NCc2cccc(OC3CCCCO3)c2)c2ccccc2Cl)CNC1. The summed E-state index contributed by atoms with van der Waals surface area (Å²) < 4.78 is 11.7. The molecule has 0 radical (unpaired) electrons. The number of halogens is 1. The Labute approximate surface area is 176 Å². The van der Waals surface area contributed by atoms with Gasteiger partial charge >= 0.3 is 0 Å². The van der Waals surface area contributed by atoms with Gasteiger partial charge in [0, 0.05) is 41.4 Å². The number of nitrogens with one attached hydrogen (secondary N) is 1. The van der Waals surface area contributed by atoms with Crippen molar-refractivity contribution < 1.29 is 9.47 Å². The second-order valence-electron chi connectivity index (χ2n) is 7.31. The predicted octanol–water partition coefficient (Wildman–Crippen LogP) is 4.05. The van der Waals surface area contributed by atoms with E-state index in [9.17, 15) is 0 Å². The minimum Gasteiger partial charge on any atom is -0.465 e. The van der Waals surface area contributed by atoms with Gasteiger partial charge in [-0.2, -0.15) is 0 Å². The Morgan fingerprint density at radius 1 is 1.17 bits per heavy atom. The first-order valence-corrected chi connectivity index (χ1v) is 10.4. The summed E-state index contributed by atoms with van der Waals surface area (Å²) >= 11 is 6.46. The largest absolute Gasteiger partial charge is 0.465 e. The van der Waals surface area contributed by atoms with Crippen LogP contribution in [0.2, 0.25) is 5.02 Å². The highest BCUT2D eigenvalue weighted by Gasteiger charge is 2.20. The molecule has 4 rings (SSSR count). The van der Waals surface area contributed by atoms with Gasteiger partial charge in [0.25, 0.3) is 0 Å². The average Bonchev–Trinajstić information content (AvgIpc) is 3.16. The van der Waals surface area contributed by atoms with Crippen LogP contribution < -0.4 is 15.8 Å². The summed E-state index contributed by atoms with van der Waals surface area (Å²) in [6.45, 7) is 2.64. The van der Waals surface area contributed by atoms with Gasteiger partial charge in [0.05, 0.1) is 18.9 Å². The Kier molecular flexibility index (Phi) is 6.49. The van der Waals surface area contributed by atoms with Crippen LogP contribution in [0, 0.1) is 0 Å². The normalized spacial score (nSPS) is 20.2. The highest BCUT2D eigenvalue weighted by Crippen LogP contribution is 2.24. The summed E-state index contributed by atoms with van der Waals surface area (Å²) in [6, 6.07) is 15.8. The minimum atomic E-state index is -0.157. The molecule has 29 heavy (non-hydrogen) atoms. The zero-order valence-corrected chi connectivity index (χ0v) is 17.1. The third kappa shape index (κ3) is 4.99. The number of nitrogens with zero attached hydrogens (tertiary/aromatic N) is 1. The summed E-state index contributed by atoms with van der Waals surface area (Å²) in [7, 11) is 0. The van der Waals surface area contributed by atoms with Crippen LogP contribution in [0.15, 0.2) is 64.8 Å². The average molecular weight is 412 g/mol. The van der Waals surface area contributed by atoms with Crippen LogP contribution in [0.1, 0.15) is 30.4 Å². The zero-order chi connectivity index (χ0) is 20.1. The smallest absolute Gasteiger partial charge is 0.199 e. The fourth-order valence-corrected chi connectivity index (χ4v) is 3.84. The summed E-state index contributed by atoms with van der Waals surface area (Å²) in [6.07, 6.45) is 3.02. The number of hydrogen-bond acceptors (Lipinski definition) is 5. The fraction of sp³-hybridized carbons (Fsp3) is 0.348. The molecule has 1 unspecified atom stereocenters. The van der Waals surface area contributed by atoms with Crippen LogP contribution in [-0.4, -0.2) is 31.7 Å². The molecule has 2 aromatic rings. The molecule has 152 valence electrons. The summed E-state index contributed by atoms with van der Waals surface area (Å²) in [5.41, 5.74) is 10.9. The maximum atomic E-state index is 6.46. The minimum absolute atomic E-state index is 0.157. The topological polar surface area (TPSA) is 68.9 Å². The number of hydrogen-bond donors (Lipinski definition) is 2. The van der Waals surface area contributed by atoms with Crippen LogP contribution in [-0.2, 0) is 11.3 Å². The lowest BCUT2D eigenvalue weighted by Gasteiger charge is -2.23. The highest BCUT2D eigenvalue weighted by molar-refractivity contribution is 6.35. The van der Waals surface area contributed by atoms with Gasteiger partial charge in [-0.3, -0.25) is 4.99 Å². The zero-order valence-electron chi connectivity index (χ0n) is 16.4. The van der Waals surface area contributed by atoms with Gasteiger partial charge in [-0.15, -0.1) is 0 Å². The summed E-state index contributed by atoms with van der Waals surface area (Å²) in [5.74, 6) is 0.810. The molecule has 5 nitrogen and oxygen atoms in total. The van der Waals surface area contributed by atoms with Crippen molar-refractivity contribution in [3.05, 3.63) is 76.0 Å². The van der Waals surface area contributed by atoms with Gasteiger partial charge in [0.1, 0.15) is 5.75 Å². The Hall–Kier alpha value is -2.34.